The number of benzene rings is 8. The van der Waals surface area contributed by atoms with Crippen molar-refractivity contribution in [2.45, 2.75) is 0 Å². The number of furan rings is 1. The number of anilines is 3. The molecular weight excluding hydrogens is 685 g/mol. The zero-order chi connectivity index (χ0) is 37.3. The van der Waals surface area contributed by atoms with Gasteiger partial charge in [-0.1, -0.05) is 146 Å². The highest BCUT2D eigenvalue weighted by Gasteiger charge is 2.18. The van der Waals surface area contributed by atoms with E-state index in [1.54, 1.807) is 0 Å². The summed E-state index contributed by atoms with van der Waals surface area (Å²) in [6.45, 7) is 0. The van der Waals surface area contributed by atoms with Gasteiger partial charge in [-0.2, -0.15) is 0 Å². The highest BCUT2D eigenvalue weighted by molar-refractivity contribution is 6.07. The Balaban J connectivity index is 1.05. The highest BCUT2D eigenvalue weighted by Crippen LogP contribution is 2.40. The predicted octanol–water partition coefficient (Wildman–Crippen LogP) is 13.6. The van der Waals surface area contributed by atoms with Crippen LogP contribution in [0.15, 0.2) is 211 Å². The van der Waals surface area contributed by atoms with Gasteiger partial charge in [0.1, 0.15) is 11.2 Å². The molecular formula is C51H34N4O. The average molecular weight is 719 g/mol. The molecule has 264 valence electrons. The van der Waals surface area contributed by atoms with Crippen molar-refractivity contribution >= 4 is 39.0 Å². The highest BCUT2D eigenvalue weighted by atomic mass is 16.3. The molecule has 0 N–H and O–H groups in total. The Morgan fingerprint density at radius 1 is 0.286 bits per heavy atom. The second kappa shape index (κ2) is 14.3. The van der Waals surface area contributed by atoms with Gasteiger partial charge in [-0.3, -0.25) is 0 Å². The van der Waals surface area contributed by atoms with E-state index in [4.69, 9.17) is 19.4 Å². The molecule has 2 aromatic heterocycles. The van der Waals surface area contributed by atoms with Crippen LogP contribution in [0.5, 0.6) is 0 Å². The molecule has 0 bridgehead atoms. The van der Waals surface area contributed by atoms with Gasteiger partial charge < -0.3 is 9.32 Å². The molecule has 0 aliphatic rings. The number of hydrogen-bond acceptors (Lipinski definition) is 5. The summed E-state index contributed by atoms with van der Waals surface area (Å²) in [4.78, 5) is 17.3. The Morgan fingerprint density at radius 2 is 0.750 bits per heavy atom. The fourth-order valence-corrected chi connectivity index (χ4v) is 7.32. The van der Waals surface area contributed by atoms with Crippen LogP contribution in [0.25, 0.3) is 78.4 Å². The van der Waals surface area contributed by atoms with Crippen molar-refractivity contribution in [3.05, 3.63) is 206 Å². The standard InChI is InChI=1S/C51H34N4O/c1-5-14-35(15-6-1)37-24-27-43(28-25-37)55(42-22-11-4-12-23-42)44-29-31-47-46(34-44)45-30-26-41(33-48(45)56-47)51-53-49(38-18-9-3-10-19-38)52-50(54-51)40-21-13-20-39(32-40)36-16-7-2-8-17-36/h1-34H. The molecule has 0 radical (unpaired) electrons. The maximum atomic E-state index is 6.53. The molecule has 10 rings (SSSR count). The molecule has 0 unspecified atom stereocenters. The Morgan fingerprint density at radius 3 is 1.41 bits per heavy atom. The zero-order valence-corrected chi connectivity index (χ0v) is 30.3. The molecule has 5 nitrogen and oxygen atoms in total. The Bertz CT molecular complexity index is 2950. The number of nitrogens with zero attached hydrogens (tertiary/aromatic N) is 4. The molecule has 0 fully saturated rings. The second-order valence-electron chi connectivity index (χ2n) is 13.7. The van der Waals surface area contributed by atoms with E-state index in [9.17, 15) is 0 Å². The molecule has 56 heavy (non-hydrogen) atoms. The molecule has 0 aliphatic carbocycles. The largest absolute Gasteiger partial charge is 0.456 e. The summed E-state index contributed by atoms with van der Waals surface area (Å²) in [5.74, 6) is 1.80. The van der Waals surface area contributed by atoms with Gasteiger partial charge in [-0.15, -0.1) is 0 Å². The SMILES string of the molecule is c1ccc(-c2ccc(N(c3ccccc3)c3ccc4oc5cc(-c6nc(-c7ccccc7)nc(-c7cccc(-c8ccccc8)c7)n6)ccc5c4c3)cc2)cc1. The van der Waals surface area contributed by atoms with Crippen LogP contribution in [0, 0.1) is 0 Å². The van der Waals surface area contributed by atoms with Crippen LogP contribution >= 0.6 is 0 Å². The molecule has 0 aliphatic heterocycles. The van der Waals surface area contributed by atoms with Crippen molar-refractivity contribution in [1.29, 1.82) is 0 Å². The van der Waals surface area contributed by atoms with Crippen LogP contribution in [-0.2, 0) is 0 Å². The van der Waals surface area contributed by atoms with Crippen LogP contribution < -0.4 is 4.90 Å². The topological polar surface area (TPSA) is 55.1 Å². The first-order chi connectivity index (χ1) is 27.7. The lowest BCUT2D eigenvalue weighted by atomic mass is 10.0. The summed E-state index contributed by atoms with van der Waals surface area (Å²) in [5, 5.41) is 2.05. The summed E-state index contributed by atoms with van der Waals surface area (Å²) >= 11 is 0. The fraction of sp³-hybridized carbons (Fsp3) is 0. The minimum absolute atomic E-state index is 0.580. The molecule has 0 amide bonds. The summed E-state index contributed by atoms with van der Waals surface area (Å²) < 4.78 is 6.53. The lowest BCUT2D eigenvalue weighted by molar-refractivity contribution is 0.669. The third-order valence-corrected chi connectivity index (χ3v) is 10.1. The maximum absolute atomic E-state index is 6.53. The van der Waals surface area contributed by atoms with Gasteiger partial charge in [0.05, 0.1) is 0 Å². The van der Waals surface area contributed by atoms with Crippen LogP contribution in [0.1, 0.15) is 0 Å². The van der Waals surface area contributed by atoms with Crippen molar-refractivity contribution < 1.29 is 4.42 Å². The van der Waals surface area contributed by atoms with Gasteiger partial charge >= 0.3 is 0 Å². The van der Waals surface area contributed by atoms with Gasteiger partial charge in [0, 0.05) is 44.5 Å². The number of para-hydroxylation sites is 1. The normalized spacial score (nSPS) is 11.2. The third kappa shape index (κ3) is 6.37. The summed E-state index contributed by atoms with van der Waals surface area (Å²) in [5.41, 5.74) is 12.1. The Hall–Kier alpha value is -7.63. The minimum Gasteiger partial charge on any atom is -0.456 e. The molecule has 0 saturated heterocycles. The van der Waals surface area contributed by atoms with Crippen molar-refractivity contribution in [3.63, 3.8) is 0 Å². The quantitative estimate of drug-likeness (QED) is 0.157. The second-order valence-corrected chi connectivity index (χ2v) is 13.7. The van der Waals surface area contributed by atoms with Crippen molar-refractivity contribution in [3.8, 4) is 56.4 Å². The van der Waals surface area contributed by atoms with Gasteiger partial charge in [-0.25, -0.2) is 15.0 Å². The number of rotatable bonds is 8. The number of hydrogen-bond donors (Lipinski definition) is 0. The number of fused-ring (bicyclic) bond motifs is 3. The summed E-state index contributed by atoms with van der Waals surface area (Å²) in [6.07, 6.45) is 0. The van der Waals surface area contributed by atoms with E-state index in [2.05, 4.69) is 157 Å². The molecule has 0 saturated carbocycles. The first-order valence-electron chi connectivity index (χ1n) is 18.7. The van der Waals surface area contributed by atoms with Crippen LogP contribution in [0.3, 0.4) is 0 Å². The minimum atomic E-state index is 0.580. The van der Waals surface area contributed by atoms with Crippen LogP contribution in [0.2, 0.25) is 0 Å². The molecule has 8 aromatic carbocycles. The lowest BCUT2D eigenvalue weighted by Crippen LogP contribution is -2.09. The molecule has 10 aromatic rings. The average Bonchev–Trinajstić information content (AvgIpc) is 3.65. The zero-order valence-electron chi connectivity index (χ0n) is 30.3. The van der Waals surface area contributed by atoms with Gasteiger partial charge in [-0.05, 0) is 82.9 Å². The Labute approximate surface area is 324 Å². The van der Waals surface area contributed by atoms with E-state index in [0.29, 0.717) is 17.5 Å². The summed E-state index contributed by atoms with van der Waals surface area (Å²) in [7, 11) is 0. The third-order valence-electron chi connectivity index (χ3n) is 10.1. The van der Waals surface area contributed by atoms with Crippen molar-refractivity contribution in [1.82, 2.24) is 15.0 Å². The van der Waals surface area contributed by atoms with Crippen molar-refractivity contribution in [2.24, 2.45) is 0 Å². The van der Waals surface area contributed by atoms with E-state index in [1.807, 2.05) is 54.6 Å². The van der Waals surface area contributed by atoms with Crippen LogP contribution in [0.4, 0.5) is 17.1 Å². The molecule has 2 heterocycles. The van der Waals surface area contributed by atoms with E-state index < -0.39 is 0 Å². The smallest absolute Gasteiger partial charge is 0.164 e. The molecule has 0 atom stereocenters. The monoisotopic (exact) mass is 718 g/mol. The summed E-state index contributed by atoms with van der Waals surface area (Å²) in [6, 6.07) is 71.1. The molecule has 0 spiro atoms. The van der Waals surface area contributed by atoms with Crippen LogP contribution in [-0.4, -0.2) is 15.0 Å². The first kappa shape index (κ1) is 33.0. The fourth-order valence-electron chi connectivity index (χ4n) is 7.32. The first-order valence-corrected chi connectivity index (χ1v) is 18.7. The van der Waals surface area contributed by atoms with E-state index in [-0.39, 0.29) is 0 Å². The number of aromatic nitrogens is 3. The van der Waals surface area contributed by atoms with Gasteiger partial charge in [0.2, 0.25) is 0 Å². The maximum Gasteiger partial charge on any atom is 0.164 e. The van der Waals surface area contributed by atoms with E-state index in [0.717, 1.165) is 66.8 Å². The van der Waals surface area contributed by atoms with E-state index >= 15 is 0 Å². The van der Waals surface area contributed by atoms with Crippen molar-refractivity contribution in [2.75, 3.05) is 4.90 Å². The predicted molar refractivity (Wildman–Crippen MR) is 229 cm³/mol. The van der Waals surface area contributed by atoms with E-state index in [1.165, 1.54) is 11.1 Å². The van der Waals surface area contributed by atoms with Gasteiger partial charge in [0.15, 0.2) is 17.5 Å². The van der Waals surface area contributed by atoms with Gasteiger partial charge in [0.25, 0.3) is 0 Å². The lowest BCUT2D eigenvalue weighted by Gasteiger charge is -2.25. The Kier molecular flexibility index (Phi) is 8.43. The molecule has 5 heteroatoms.